The fourth-order valence-electron chi connectivity index (χ4n) is 5.74. The SMILES string of the molecule is C=CCN1CCC23CCCCC2C1Cc1ccc(O)cc13.O=C(O)C(O)C(O)C(=O)O. The molecule has 1 aromatic carbocycles. The van der Waals surface area contributed by atoms with Crippen molar-refractivity contribution >= 4 is 11.9 Å². The molecule has 2 fully saturated rings. The molecule has 3 aliphatic rings. The van der Waals surface area contributed by atoms with Crippen LogP contribution in [0.15, 0.2) is 30.9 Å². The van der Waals surface area contributed by atoms with Gasteiger partial charge in [-0.05, 0) is 61.4 Å². The van der Waals surface area contributed by atoms with E-state index >= 15 is 0 Å². The molecular weight excluding hydrogens is 402 g/mol. The number of aliphatic carboxylic acids is 2. The highest BCUT2D eigenvalue weighted by Crippen LogP contribution is 2.56. The molecule has 0 radical (unpaired) electrons. The Morgan fingerprint density at radius 1 is 1.16 bits per heavy atom. The van der Waals surface area contributed by atoms with E-state index in [1.165, 1.54) is 49.8 Å². The first kappa shape index (κ1) is 23.2. The highest BCUT2D eigenvalue weighted by atomic mass is 16.4. The minimum absolute atomic E-state index is 0.340. The van der Waals surface area contributed by atoms with Crippen LogP contribution in [0, 0.1) is 5.92 Å². The van der Waals surface area contributed by atoms with Crippen LogP contribution in [0.25, 0.3) is 0 Å². The molecule has 4 rings (SSSR count). The summed E-state index contributed by atoms with van der Waals surface area (Å²) in [5.74, 6) is -2.32. The second-order valence-corrected chi connectivity index (χ2v) is 8.72. The smallest absolute Gasteiger partial charge is 0.335 e. The molecule has 1 saturated carbocycles. The van der Waals surface area contributed by atoms with Gasteiger partial charge in [0.05, 0.1) is 0 Å². The Morgan fingerprint density at radius 3 is 2.45 bits per heavy atom. The highest BCUT2D eigenvalue weighted by molar-refractivity contribution is 5.83. The number of aliphatic hydroxyl groups is 2. The van der Waals surface area contributed by atoms with Crippen LogP contribution in [-0.4, -0.2) is 73.7 Å². The number of carboxylic acid groups (broad SMARTS) is 2. The van der Waals surface area contributed by atoms with Gasteiger partial charge < -0.3 is 25.5 Å². The minimum atomic E-state index is -2.27. The summed E-state index contributed by atoms with van der Waals surface area (Å²) < 4.78 is 0. The predicted octanol–water partition coefficient (Wildman–Crippen LogP) is 1.51. The predicted molar refractivity (Wildman–Crippen MR) is 113 cm³/mol. The zero-order valence-corrected chi connectivity index (χ0v) is 17.5. The van der Waals surface area contributed by atoms with Crippen molar-refractivity contribution in [3.05, 3.63) is 42.0 Å². The number of aromatic hydroxyl groups is 1. The first-order valence-corrected chi connectivity index (χ1v) is 10.7. The third kappa shape index (κ3) is 4.46. The van der Waals surface area contributed by atoms with Crippen LogP contribution in [0.4, 0.5) is 0 Å². The summed E-state index contributed by atoms with van der Waals surface area (Å²) >= 11 is 0. The molecule has 1 aliphatic heterocycles. The number of benzene rings is 1. The number of carbonyl (C=O) groups is 2. The van der Waals surface area contributed by atoms with Gasteiger partial charge in [-0.3, -0.25) is 4.90 Å². The fraction of sp³-hybridized carbons (Fsp3) is 0.565. The molecule has 5 atom stereocenters. The number of likely N-dealkylation sites (tertiary alicyclic amines) is 1. The number of piperidine rings is 1. The Hall–Kier alpha value is -2.42. The van der Waals surface area contributed by atoms with Gasteiger partial charge in [-0.2, -0.15) is 0 Å². The standard InChI is InChI=1S/C19H25NO.C4H6O6/c1-2-10-20-11-9-19-8-4-3-5-16(19)18(20)12-14-6-7-15(21)13-17(14)19;5-1(3(7)8)2(6)4(9)10/h2,6-7,13,16,18,21H,1,3-5,8-12H2;1-2,5-6H,(H,7,8)(H,9,10). The number of nitrogens with zero attached hydrogens (tertiary/aromatic N) is 1. The van der Waals surface area contributed by atoms with E-state index in [2.05, 4.69) is 29.7 Å². The molecule has 0 amide bonds. The first-order valence-electron chi connectivity index (χ1n) is 10.7. The van der Waals surface area contributed by atoms with Gasteiger partial charge in [0.1, 0.15) is 5.75 Å². The normalized spacial score (nSPS) is 28.7. The van der Waals surface area contributed by atoms with Crippen LogP contribution in [0.2, 0.25) is 0 Å². The van der Waals surface area contributed by atoms with Gasteiger partial charge in [0.2, 0.25) is 0 Å². The number of phenolic OH excluding ortho intramolecular Hbond substituents is 1. The van der Waals surface area contributed by atoms with Gasteiger partial charge in [-0.25, -0.2) is 9.59 Å². The van der Waals surface area contributed by atoms with Crippen LogP contribution in [0.3, 0.4) is 0 Å². The van der Waals surface area contributed by atoms with Gasteiger partial charge in [-0.15, -0.1) is 6.58 Å². The topological polar surface area (TPSA) is 139 Å². The molecule has 5 unspecified atom stereocenters. The van der Waals surface area contributed by atoms with Crippen LogP contribution in [0.1, 0.15) is 43.2 Å². The first-order chi connectivity index (χ1) is 14.7. The largest absolute Gasteiger partial charge is 0.508 e. The number of fused-ring (bicyclic) bond motifs is 1. The Morgan fingerprint density at radius 2 is 1.84 bits per heavy atom. The molecule has 2 aliphatic carbocycles. The molecule has 8 nitrogen and oxygen atoms in total. The molecule has 8 heteroatoms. The maximum atomic E-state index is 9.98. The maximum absolute atomic E-state index is 9.98. The van der Waals surface area contributed by atoms with E-state index < -0.39 is 24.1 Å². The van der Waals surface area contributed by atoms with E-state index in [1.54, 1.807) is 0 Å². The van der Waals surface area contributed by atoms with Gasteiger partial charge in [-0.1, -0.05) is 25.0 Å². The summed E-state index contributed by atoms with van der Waals surface area (Å²) in [5, 5.41) is 42.5. The Bertz CT molecular complexity index is 823. The molecule has 31 heavy (non-hydrogen) atoms. The van der Waals surface area contributed by atoms with Gasteiger partial charge in [0, 0.05) is 18.0 Å². The van der Waals surface area contributed by atoms with E-state index in [4.69, 9.17) is 20.4 Å². The summed E-state index contributed by atoms with van der Waals surface area (Å²) in [6.45, 7) is 6.15. The van der Waals surface area contributed by atoms with Crippen LogP contribution < -0.4 is 0 Å². The number of hydrogen-bond donors (Lipinski definition) is 5. The number of phenols is 1. The zero-order valence-electron chi connectivity index (χ0n) is 17.5. The Labute approximate surface area is 181 Å². The van der Waals surface area contributed by atoms with Crippen LogP contribution in [0.5, 0.6) is 5.75 Å². The molecule has 170 valence electrons. The van der Waals surface area contributed by atoms with Crippen molar-refractivity contribution < 1.29 is 35.1 Å². The highest BCUT2D eigenvalue weighted by Gasteiger charge is 2.53. The van der Waals surface area contributed by atoms with Gasteiger partial charge in [0.25, 0.3) is 0 Å². The van der Waals surface area contributed by atoms with Crippen molar-refractivity contribution in [2.45, 2.75) is 62.2 Å². The third-order valence-electron chi connectivity index (χ3n) is 7.10. The zero-order chi connectivity index (χ0) is 22.8. The summed E-state index contributed by atoms with van der Waals surface area (Å²) in [7, 11) is 0. The van der Waals surface area contributed by atoms with Crippen LogP contribution >= 0.6 is 0 Å². The van der Waals surface area contributed by atoms with E-state index in [0.717, 1.165) is 18.9 Å². The van der Waals surface area contributed by atoms with Crippen molar-refractivity contribution in [2.75, 3.05) is 13.1 Å². The van der Waals surface area contributed by atoms with Crippen molar-refractivity contribution in [1.29, 1.82) is 0 Å². The molecular formula is C23H31NO7. The molecule has 0 aromatic heterocycles. The van der Waals surface area contributed by atoms with E-state index in [-0.39, 0.29) is 0 Å². The average Bonchev–Trinajstić information content (AvgIpc) is 2.75. The summed E-state index contributed by atoms with van der Waals surface area (Å²) in [6.07, 6.45) is 5.31. The van der Waals surface area contributed by atoms with Crippen molar-refractivity contribution in [3.63, 3.8) is 0 Å². The lowest BCUT2D eigenvalue weighted by Gasteiger charge is -2.59. The summed E-state index contributed by atoms with van der Waals surface area (Å²) in [4.78, 5) is 22.2. The molecule has 0 spiro atoms. The van der Waals surface area contributed by atoms with Crippen molar-refractivity contribution in [1.82, 2.24) is 4.90 Å². The molecule has 1 aromatic rings. The maximum Gasteiger partial charge on any atom is 0.335 e. The van der Waals surface area contributed by atoms with Gasteiger partial charge in [0.15, 0.2) is 12.2 Å². The van der Waals surface area contributed by atoms with Crippen molar-refractivity contribution in [2.24, 2.45) is 5.92 Å². The third-order valence-corrected chi connectivity index (χ3v) is 7.10. The monoisotopic (exact) mass is 433 g/mol. The second kappa shape index (κ2) is 9.38. The Kier molecular flexibility index (Phi) is 7.03. The molecule has 1 saturated heterocycles. The molecule has 2 bridgehead atoms. The number of rotatable bonds is 5. The number of carboxylic acids is 2. The summed E-state index contributed by atoms with van der Waals surface area (Å²) in [6, 6.07) is 6.79. The lowest BCUT2D eigenvalue weighted by atomic mass is 9.52. The van der Waals surface area contributed by atoms with E-state index in [0.29, 0.717) is 17.2 Å². The number of hydrogen-bond acceptors (Lipinski definition) is 6. The quantitative estimate of drug-likeness (QED) is 0.441. The summed E-state index contributed by atoms with van der Waals surface area (Å²) in [5.41, 5.74) is 3.29. The van der Waals surface area contributed by atoms with E-state index in [9.17, 15) is 14.7 Å². The van der Waals surface area contributed by atoms with E-state index in [1.807, 2.05) is 6.07 Å². The fourth-order valence-corrected chi connectivity index (χ4v) is 5.74. The lowest BCUT2D eigenvalue weighted by Crippen LogP contribution is -2.60. The lowest BCUT2D eigenvalue weighted by molar-refractivity contribution is -0.165. The minimum Gasteiger partial charge on any atom is -0.508 e. The Balaban J connectivity index is 0.000000233. The molecule has 1 heterocycles. The van der Waals surface area contributed by atoms with Crippen molar-refractivity contribution in [3.8, 4) is 5.75 Å². The average molecular weight is 434 g/mol. The van der Waals surface area contributed by atoms with Gasteiger partial charge >= 0.3 is 11.9 Å². The molecule has 5 N–H and O–H groups in total. The second-order valence-electron chi connectivity index (χ2n) is 8.72. The number of aliphatic hydroxyl groups excluding tert-OH is 2. The van der Waals surface area contributed by atoms with Crippen LogP contribution in [-0.2, 0) is 21.4 Å².